The normalized spacial score (nSPS) is 21.9. The van der Waals surface area contributed by atoms with Crippen molar-refractivity contribution < 1.29 is 14.0 Å². The summed E-state index contributed by atoms with van der Waals surface area (Å²) in [5.74, 6) is 0.176. The third-order valence-corrected chi connectivity index (χ3v) is 6.21. The van der Waals surface area contributed by atoms with Gasteiger partial charge in [-0.05, 0) is 54.9 Å². The van der Waals surface area contributed by atoms with Crippen LogP contribution in [-0.2, 0) is 16.0 Å². The summed E-state index contributed by atoms with van der Waals surface area (Å²) in [5, 5.41) is 0. The zero-order valence-electron chi connectivity index (χ0n) is 18.4. The number of nitrogens with zero attached hydrogens (tertiary/aromatic N) is 2. The van der Waals surface area contributed by atoms with E-state index in [4.69, 9.17) is 0 Å². The van der Waals surface area contributed by atoms with Gasteiger partial charge in [-0.25, -0.2) is 4.39 Å². The van der Waals surface area contributed by atoms with Crippen molar-refractivity contribution in [2.24, 2.45) is 11.8 Å². The van der Waals surface area contributed by atoms with Gasteiger partial charge in [0.1, 0.15) is 11.5 Å². The van der Waals surface area contributed by atoms with Crippen LogP contribution in [0.25, 0.3) is 5.57 Å². The molecule has 2 amide bonds. The molecule has 0 spiro atoms. The van der Waals surface area contributed by atoms with Gasteiger partial charge in [0.05, 0.1) is 5.57 Å². The third kappa shape index (κ3) is 4.41. The quantitative estimate of drug-likeness (QED) is 0.672. The molecule has 2 aliphatic rings. The predicted molar refractivity (Wildman–Crippen MR) is 119 cm³/mol. The molecule has 0 aliphatic carbocycles. The van der Waals surface area contributed by atoms with Crippen LogP contribution in [0, 0.1) is 24.6 Å². The minimum atomic E-state index is -0.295. The predicted octanol–water partition coefficient (Wildman–Crippen LogP) is 4.43. The number of hydrogen-bond acceptors (Lipinski definition) is 3. The van der Waals surface area contributed by atoms with Crippen LogP contribution in [0.4, 0.5) is 4.39 Å². The lowest BCUT2D eigenvalue weighted by molar-refractivity contribution is -0.137. The molecule has 1 fully saturated rings. The maximum Gasteiger partial charge on any atom is 0.277 e. The van der Waals surface area contributed by atoms with Crippen LogP contribution >= 0.6 is 0 Å². The van der Waals surface area contributed by atoms with E-state index in [1.54, 1.807) is 12.1 Å². The Morgan fingerprint density at radius 3 is 2.13 bits per heavy atom. The summed E-state index contributed by atoms with van der Waals surface area (Å²) in [6.07, 6.45) is 1.62. The fourth-order valence-electron chi connectivity index (χ4n) is 4.78. The SMILES string of the molecule is Cc1ccc(C2=C(N3CC(C)CC(C)C3)C(=O)N(CCc3ccc(F)cc3)C2=O)cc1. The second-order valence-corrected chi connectivity index (χ2v) is 9.08. The number of benzene rings is 2. The van der Waals surface area contributed by atoms with E-state index in [-0.39, 0.29) is 24.2 Å². The Morgan fingerprint density at radius 1 is 0.903 bits per heavy atom. The second-order valence-electron chi connectivity index (χ2n) is 9.08. The molecule has 1 saturated heterocycles. The van der Waals surface area contributed by atoms with Crippen molar-refractivity contribution in [2.45, 2.75) is 33.6 Å². The van der Waals surface area contributed by atoms with Crippen molar-refractivity contribution in [3.8, 4) is 0 Å². The molecule has 4 nitrogen and oxygen atoms in total. The molecule has 5 heteroatoms. The Balaban J connectivity index is 1.66. The largest absolute Gasteiger partial charge is 0.366 e. The number of carbonyl (C=O) groups is 2. The van der Waals surface area contributed by atoms with E-state index in [9.17, 15) is 14.0 Å². The van der Waals surface area contributed by atoms with Gasteiger partial charge in [0.25, 0.3) is 11.8 Å². The van der Waals surface area contributed by atoms with Gasteiger partial charge in [0, 0.05) is 19.6 Å². The highest BCUT2D eigenvalue weighted by atomic mass is 19.1. The molecule has 0 radical (unpaired) electrons. The first-order valence-corrected chi connectivity index (χ1v) is 11.0. The lowest BCUT2D eigenvalue weighted by atomic mass is 9.91. The van der Waals surface area contributed by atoms with Crippen molar-refractivity contribution in [3.63, 3.8) is 0 Å². The number of amides is 2. The van der Waals surface area contributed by atoms with E-state index in [0.29, 0.717) is 29.5 Å². The molecule has 162 valence electrons. The molecule has 2 aliphatic heterocycles. The summed E-state index contributed by atoms with van der Waals surface area (Å²) in [5.41, 5.74) is 3.83. The van der Waals surface area contributed by atoms with Crippen LogP contribution in [0.15, 0.2) is 54.2 Å². The molecule has 2 unspecified atom stereocenters. The van der Waals surface area contributed by atoms with Crippen molar-refractivity contribution in [1.29, 1.82) is 0 Å². The van der Waals surface area contributed by atoms with Crippen LogP contribution in [0.1, 0.15) is 37.0 Å². The van der Waals surface area contributed by atoms with Crippen LogP contribution in [0.5, 0.6) is 0 Å². The lowest BCUT2D eigenvalue weighted by Crippen LogP contribution is -2.42. The minimum Gasteiger partial charge on any atom is -0.366 e. The molecular weight excluding hydrogens is 391 g/mol. The summed E-state index contributed by atoms with van der Waals surface area (Å²) in [7, 11) is 0. The van der Waals surface area contributed by atoms with Gasteiger partial charge in [-0.2, -0.15) is 0 Å². The lowest BCUT2D eigenvalue weighted by Gasteiger charge is -2.37. The van der Waals surface area contributed by atoms with Gasteiger partial charge in [-0.15, -0.1) is 0 Å². The van der Waals surface area contributed by atoms with Crippen LogP contribution in [-0.4, -0.2) is 41.2 Å². The molecule has 2 atom stereocenters. The highest BCUT2D eigenvalue weighted by molar-refractivity contribution is 6.35. The summed E-state index contributed by atoms with van der Waals surface area (Å²) in [6, 6.07) is 14.0. The number of rotatable bonds is 5. The Kier molecular flexibility index (Phi) is 5.94. The molecule has 4 rings (SSSR count). The van der Waals surface area contributed by atoms with Crippen molar-refractivity contribution in [3.05, 3.63) is 76.7 Å². The van der Waals surface area contributed by atoms with Gasteiger partial charge in [0.2, 0.25) is 0 Å². The standard InChI is InChI=1S/C26H29FN2O2/c1-17-4-8-21(9-5-17)23-24(28-15-18(2)14-19(3)16-28)26(31)29(25(23)30)13-12-20-6-10-22(27)11-7-20/h4-11,18-19H,12-16H2,1-3H3. The van der Waals surface area contributed by atoms with Crippen molar-refractivity contribution >= 4 is 17.4 Å². The van der Waals surface area contributed by atoms with E-state index >= 15 is 0 Å². The summed E-state index contributed by atoms with van der Waals surface area (Å²) < 4.78 is 13.2. The highest BCUT2D eigenvalue weighted by Gasteiger charge is 2.42. The zero-order valence-corrected chi connectivity index (χ0v) is 18.4. The average molecular weight is 421 g/mol. The number of imide groups is 1. The molecular formula is C26H29FN2O2. The number of hydrogen-bond donors (Lipinski definition) is 0. The van der Waals surface area contributed by atoms with E-state index in [1.165, 1.54) is 17.0 Å². The maximum absolute atomic E-state index is 13.5. The number of aryl methyl sites for hydroxylation is 1. The molecule has 2 aromatic carbocycles. The van der Waals surface area contributed by atoms with E-state index in [0.717, 1.165) is 36.2 Å². The van der Waals surface area contributed by atoms with Gasteiger partial charge in [0.15, 0.2) is 0 Å². The number of likely N-dealkylation sites (tertiary alicyclic amines) is 1. The molecule has 0 N–H and O–H groups in total. The molecule has 2 heterocycles. The van der Waals surface area contributed by atoms with E-state index in [2.05, 4.69) is 18.7 Å². The maximum atomic E-state index is 13.5. The molecule has 31 heavy (non-hydrogen) atoms. The summed E-state index contributed by atoms with van der Waals surface area (Å²) in [4.78, 5) is 30.4. The first-order valence-electron chi connectivity index (χ1n) is 11.0. The van der Waals surface area contributed by atoms with Crippen molar-refractivity contribution in [2.75, 3.05) is 19.6 Å². The van der Waals surface area contributed by atoms with Gasteiger partial charge in [-0.1, -0.05) is 55.8 Å². The molecule has 2 aromatic rings. The van der Waals surface area contributed by atoms with Gasteiger partial charge < -0.3 is 4.90 Å². The van der Waals surface area contributed by atoms with Crippen LogP contribution in [0.2, 0.25) is 0 Å². The van der Waals surface area contributed by atoms with Gasteiger partial charge in [-0.3, -0.25) is 14.5 Å². The smallest absolute Gasteiger partial charge is 0.277 e. The van der Waals surface area contributed by atoms with Crippen LogP contribution < -0.4 is 0 Å². The molecule has 0 aromatic heterocycles. The second kappa shape index (κ2) is 8.66. The summed E-state index contributed by atoms with van der Waals surface area (Å²) >= 11 is 0. The first kappa shape index (κ1) is 21.3. The van der Waals surface area contributed by atoms with Gasteiger partial charge >= 0.3 is 0 Å². The first-order chi connectivity index (χ1) is 14.8. The summed E-state index contributed by atoms with van der Waals surface area (Å²) in [6.45, 7) is 8.23. The van der Waals surface area contributed by atoms with Crippen LogP contribution in [0.3, 0.4) is 0 Å². The van der Waals surface area contributed by atoms with Crippen molar-refractivity contribution in [1.82, 2.24) is 9.80 Å². The Bertz CT molecular complexity index is 1000. The molecule has 0 saturated carbocycles. The molecule has 0 bridgehead atoms. The number of halogens is 1. The third-order valence-electron chi connectivity index (χ3n) is 6.21. The number of carbonyl (C=O) groups excluding carboxylic acids is 2. The highest BCUT2D eigenvalue weighted by Crippen LogP contribution is 2.35. The fraction of sp³-hybridized carbons (Fsp3) is 0.385. The Morgan fingerprint density at radius 2 is 1.52 bits per heavy atom. The zero-order chi connectivity index (χ0) is 22.1. The van der Waals surface area contributed by atoms with E-state index < -0.39 is 0 Å². The average Bonchev–Trinajstić information content (AvgIpc) is 2.97. The minimum absolute atomic E-state index is 0.219. The number of piperidine rings is 1. The Labute approximate surface area is 183 Å². The fourth-order valence-corrected chi connectivity index (χ4v) is 4.78. The monoisotopic (exact) mass is 420 g/mol. The van der Waals surface area contributed by atoms with E-state index in [1.807, 2.05) is 31.2 Å². The topological polar surface area (TPSA) is 40.6 Å². The Hall–Kier alpha value is -2.95.